The van der Waals surface area contributed by atoms with Crippen molar-refractivity contribution in [3.63, 3.8) is 0 Å². The molecule has 8 heteroatoms. The van der Waals surface area contributed by atoms with Crippen LogP contribution in [-0.4, -0.2) is 40.1 Å². The normalized spacial score (nSPS) is 19.0. The van der Waals surface area contributed by atoms with E-state index in [1.807, 2.05) is 36.5 Å². The summed E-state index contributed by atoms with van der Waals surface area (Å²) < 4.78 is 11.4. The van der Waals surface area contributed by atoms with Crippen molar-refractivity contribution < 1.29 is 14.6 Å². The molecule has 0 amide bonds. The molecular formula is C21H25ClN4O3. The van der Waals surface area contributed by atoms with Crippen LogP contribution in [0.1, 0.15) is 31.5 Å². The van der Waals surface area contributed by atoms with Gasteiger partial charge in [0, 0.05) is 17.3 Å². The number of aromatic nitrogens is 3. The second-order valence-electron chi connectivity index (χ2n) is 7.28. The summed E-state index contributed by atoms with van der Waals surface area (Å²) in [5, 5.41) is 4.49. The molecule has 4 heterocycles. The van der Waals surface area contributed by atoms with Gasteiger partial charge in [0.15, 0.2) is 17.1 Å². The third kappa shape index (κ3) is 3.81. The van der Waals surface area contributed by atoms with Gasteiger partial charge in [-0.1, -0.05) is 12.1 Å². The fourth-order valence-corrected chi connectivity index (χ4v) is 3.96. The molecule has 1 aliphatic heterocycles. The van der Waals surface area contributed by atoms with Crippen LogP contribution < -0.4 is 10.1 Å². The number of piperidine rings is 1. The average molecular weight is 417 g/mol. The number of rotatable bonds is 3. The van der Waals surface area contributed by atoms with E-state index in [0.717, 1.165) is 64.4 Å². The van der Waals surface area contributed by atoms with Gasteiger partial charge in [-0.05, 0) is 44.5 Å². The zero-order valence-electron chi connectivity index (χ0n) is 16.4. The zero-order valence-corrected chi connectivity index (χ0v) is 17.2. The maximum Gasteiger partial charge on any atom is 0.176 e. The highest BCUT2D eigenvalue weighted by Crippen LogP contribution is 2.34. The van der Waals surface area contributed by atoms with Gasteiger partial charge >= 0.3 is 0 Å². The molecule has 0 aliphatic carbocycles. The van der Waals surface area contributed by atoms with Crippen LogP contribution in [0, 0.1) is 0 Å². The van der Waals surface area contributed by atoms with Crippen LogP contribution in [0.4, 0.5) is 0 Å². The minimum atomic E-state index is 0. The lowest BCUT2D eigenvalue weighted by atomic mass is 9.92. The van der Waals surface area contributed by atoms with E-state index >= 15 is 0 Å². The van der Waals surface area contributed by atoms with E-state index in [1.165, 1.54) is 0 Å². The first-order valence-electron chi connectivity index (χ1n) is 9.37. The van der Waals surface area contributed by atoms with Gasteiger partial charge in [0.25, 0.3) is 0 Å². The molecular weight excluding hydrogens is 392 g/mol. The Kier molecular flexibility index (Phi) is 6.12. The lowest BCUT2D eigenvalue weighted by molar-refractivity contribution is 0.371. The number of nitrogens with zero attached hydrogens (tertiary/aromatic N) is 2. The summed E-state index contributed by atoms with van der Waals surface area (Å²) in [6.07, 6.45) is 4.04. The SMILES string of the molecule is COc1cccc2cc(-c3cc4nc(C5CCNC(C)C5)ncc4[nH]3)oc12.Cl.O. The van der Waals surface area contributed by atoms with Crippen molar-refractivity contribution in [3.8, 4) is 17.2 Å². The maximum absolute atomic E-state index is 6.05. The summed E-state index contributed by atoms with van der Waals surface area (Å²) in [5.41, 5.74) is 3.49. The summed E-state index contributed by atoms with van der Waals surface area (Å²) >= 11 is 0. The Labute approximate surface area is 174 Å². The number of halogens is 1. The number of methoxy groups -OCH3 is 1. The van der Waals surface area contributed by atoms with Crippen molar-refractivity contribution in [1.82, 2.24) is 20.3 Å². The average Bonchev–Trinajstić information content (AvgIpc) is 3.31. The molecule has 29 heavy (non-hydrogen) atoms. The summed E-state index contributed by atoms with van der Waals surface area (Å²) in [7, 11) is 1.65. The van der Waals surface area contributed by atoms with Gasteiger partial charge in [-0.2, -0.15) is 0 Å². The molecule has 0 bridgehead atoms. The molecule has 1 aromatic carbocycles. The molecule has 1 saturated heterocycles. The van der Waals surface area contributed by atoms with Crippen molar-refractivity contribution in [2.75, 3.05) is 13.7 Å². The number of nitrogens with one attached hydrogen (secondary N) is 2. The zero-order chi connectivity index (χ0) is 18.4. The van der Waals surface area contributed by atoms with Crippen molar-refractivity contribution in [3.05, 3.63) is 42.4 Å². The molecule has 5 rings (SSSR count). The van der Waals surface area contributed by atoms with Crippen molar-refractivity contribution >= 4 is 34.4 Å². The van der Waals surface area contributed by atoms with Gasteiger partial charge in [0.1, 0.15) is 5.82 Å². The highest BCUT2D eigenvalue weighted by molar-refractivity contribution is 5.89. The van der Waals surface area contributed by atoms with Gasteiger partial charge in [-0.3, -0.25) is 0 Å². The Morgan fingerprint density at radius 1 is 1.24 bits per heavy atom. The Bertz CT molecular complexity index is 1120. The number of furan rings is 1. The Hall–Kier alpha value is -2.61. The number of aromatic amines is 1. The van der Waals surface area contributed by atoms with Gasteiger partial charge < -0.3 is 24.9 Å². The molecule has 0 saturated carbocycles. The molecule has 1 fully saturated rings. The third-order valence-electron chi connectivity index (χ3n) is 5.37. The second-order valence-corrected chi connectivity index (χ2v) is 7.28. The largest absolute Gasteiger partial charge is 0.493 e. The van der Waals surface area contributed by atoms with E-state index in [0.29, 0.717) is 12.0 Å². The monoisotopic (exact) mass is 416 g/mol. The van der Waals surface area contributed by atoms with E-state index in [9.17, 15) is 0 Å². The predicted octanol–water partition coefficient (Wildman–Crippen LogP) is 3.83. The number of hydrogen-bond donors (Lipinski definition) is 2. The van der Waals surface area contributed by atoms with Gasteiger partial charge in [0.2, 0.25) is 0 Å². The fraction of sp³-hybridized carbons (Fsp3) is 0.333. The Balaban J connectivity index is 0.00000120. The summed E-state index contributed by atoms with van der Waals surface area (Å²) in [6, 6.07) is 10.4. The van der Waals surface area contributed by atoms with Crippen molar-refractivity contribution in [2.45, 2.75) is 31.7 Å². The summed E-state index contributed by atoms with van der Waals surface area (Å²) in [6.45, 7) is 3.24. The Morgan fingerprint density at radius 2 is 2.10 bits per heavy atom. The summed E-state index contributed by atoms with van der Waals surface area (Å²) in [4.78, 5) is 12.8. The quantitative estimate of drug-likeness (QED) is 0.527. The number of fused-ring (bicyclic) bond motifs is 2. The molecule has 4 aromatic rings. The highest BCUT2D eigenvalue weighted by atomic mass is 35.5. The maximum atomic E-state index is 6.05. The minimum Gasteiger partial charge on any atom is -0.493 e. The van der Waals surface area contributed by atoms with Crippen LogP contribution in [0.3, 0.4) is 0 Å². The van der Waals surface area contributed by atoms with Crippen molar-refractivity contribution in [2.24, 2.45) is 0 Å². The smallest absolute Gasteiger partial charge is 0.176 e. The van der Waals surface area contributed by atoms with E-state index in [2.05, 4.69) is 22.2 Å². The first-order valence-corrected chi connectivity index (χ1v) is 9.37. The molecule has 0 radical (unpaired) electrons. The van der Waals surface area contributed by atoms with Gasteiger partial charge in [-0.15, -0.1) is 12.4 Å². The lowest BCUT2D eigenvalue weighted by Gasteiger charge is -2.26. The van der Waals surface area contributed by atoms with E-state index in [4.69, 9.17) is 14.1 Å². The molecule has 0 spiro atoms. The van der Waals surface area contributed by atoms with E-state index < -0.39 is 0 Å². The van der Waals surface area contributed by atoms with E-state index in [-0.39, 0.29) is 17.9 Å². The molecule has 2 unspecified atom stereocenters. The van der Waals surface area contributed by atoms with Crippen LogP contribution in [-0.2, 0) is 0 Å². The lowest BCUT2D eigenvalue weighted by Crippen LogP contribution is -2.35. The van der Waals surface area contributed by atoms with E-state index in [1.54, 1.807) is 7.11 Å². The highest BCUT2D eigenvalue weighted by Gasteiger charge is 2.22. The van der Waals surface area contributed by atoms with Crippen LogP contribution >= 0.6 is 12.4 Å². The molecule has 154 valence electrons. The minimum absolute atomic E-state index is 0. The summed E-state index contributed by atoms with van der Waals surface area (Å²) in [5.74, 6) is 2.86. The number of para-hydroxylation sites is 1. The number of benzene rings is 1. The standard InChI is InChI=1S/C21H22N4O2.ClH.H2O/c1-12-8-14(6-7-22-12)21-23-11-17-15(25-21)10-16(24-17)19-9-13-4-3-5-18(26-2)20(13)27-19;;/h3-5,9-12,14,22,24H,6-8H2,1-2H3;1H;1H2. The second kappa shape index (κ2) is 8.41. The molecule has 1 aliphatic rings. The van der Waals surface area contributed by atoms with Crippen LogP contribution in [0.5, 0.6) is 5.75 Å². The molecule has 2 atom stereocenters. The number of H-pyrrole nitrogens is 1. The van der Waals surface area contributed by atoms with Gasteiger partial charge in [-0.25, -0.2) is 9.97 Å². The molecule has 4 N–H and O–H groups in total. The molecule has 3 aromatic heterocycles. The molecule has 7 nitrogen and oxygen atoms in total. The number of hydrogen-bond acceptors (Lipinski definition) is 5. The predicted molar refractivity (Wildman–Crippen MR) is 116 cm³/mol. The van der Waals surface area contributed by atoms with Crippen LogP contribution in [0.25, 0.3) is 33.5 Å². The topological polar surface area (TPSA) is 107 Å². The third-order valence-corrected chi connectivity index (χ3v) is 5.37. The first kappa shape index (κ1) is 21.1. The van der Waals surface area contributed by atoms with Gasteiger partial charge in [0.05, 0.1) is 30.0 Å². The fourth-order valence-electron chi connectivity index (χ4n) is 3.96. The van der Waals surface area contributed by atoms with Crippen LogP contribution in [0.15, 0.2) is 40.9 Å². The first-order chi connectivity index (χ1) is 13.2. The Morgan fingerprint density at radius 3 is 2.90 bits per heavy atom. The van der Waals surface area contributed by atoms with Crippen molar-refractivity contribution in [1.29, 1.82) is 0 Å². The number of ether oxygens (including phenoxy) is 1. The van der Waals surface area contributed by atoms with Crippen LogP contribution in [0.2, 0.25) is 0 Å².